The highest BCUT2D eigenvalue weighted by Crippen LogP contribution is 2.13. The van der Waals surface area contributed by atoms with Gasteiger partial charge in [-0.2, -0.15) is 0 Å². The SMILES string of the molecule is CC/C=C\C/C=C\C/C=C\CCCCCCCC(=O)OC[C@@H](COC(=O)CCCCCCCCCCC)OC(=O)CCCCCCC/C=C\CCCCC. The summed E-state index contributed by atoms with van der Waals surface area (Å²) in [6.45, 7) is 6.45. The van der Waals surface area contributed by atoms with Crippen LogP contribution >= 0.6 is 0 Å². The molecule has 0 aromatic carbocycles. The standard InChI is InChI=1S/C48H84O6/c1-4-7-10-13-16-19-21-23-24-25-27-29-32-35-38-41-47(50)53-44-45(43-52-46(49)40-37-34-31-28-18-15-12-9-6-3)54-48(51)42-39-36-33-30-26-22-20-17-14-11-8-5-2/h7,10,16-17,19-20,23-24,45H,4-6,8-9,11-15,18,21-22,25-44H2,1-3H3/b10-7-,19-16-,20-17-,24-23-/t45-/m1/s1. The Morgan fingerprint density at radius 2 is 0.722 bits per heavy atom. The minimum atomic E-state index is -0.779. The first-order chi connectivity index (χ1) is 26.5. The van der Waals surface area contributed by atoms with E-state index in [4.69, 9.17) is 14.2 Å². The molecule has 6 heteroatoms. The molecular formula is C48H84O6. The van der Waals surface area contributed by atoms with Gasteiger partial charge in [0.25, 0.3) is 0 Å². The van der Waals surface area contributed by atoms with E-state index in [1.165, 1.54) is 70.6 Å². The zero-order chi connectivity index (χ0) is 39.4. The molecular weight excluding hydrogens is 673 g/mol. The lowest BCUT2D eigenvalue weighted by Crippen LogP contribution is -2.30. The van der Waals surface area contributed by atoms with Crippen molar-refractivity contribution in [2.45, 2.75) is 226 Å². The molecule has 0 aromatic heterocycles. The number of unbranched alkanes of at least 4 members (excludes halogenated alkanes) is 21. The number of esters is 3. The Kier molecular flexibility index (Phi) is 41.0. The number of carbonyl (C=O) groups excluding carboxylic acids is 3. The molecule has 0 unspecified atom stereocenters. The smallest absolute Gasteiger partial charge is 0.306 e. The van der Waals surface area contributed by atoms with E-state index >= 15 is 0 Å². The highest BCUT2D eigenvalue weighted by Gasteiger charge is 2.19. The Labute approximate surface area is 333 Å². The van der Waals surface area contributed by atoms with E-state index in [0.29, 0.717) is 19.3 Å². The summed E-state index contributed by atoms with van der Waals surface area (Å²) in [4.78, 5) is 37.7. The highest BCUT2D eigenvalue weighted by molar-refractivity contribution is 5.71. The van der Waals surface area contributed by atoms with E-state index in [1.807, 2.05) is 0 Å². The van der Waals surface area contributed by atoms with Gasteiger partial charge in [0, 0.05) is 19.3 Å². The number of ether oxygens (including phenoxy) is 3. The van der Waals surface area contributed by atoms with Gasteiger partial charge in [-0.3, -0.25) is 14.4 Å². The van der Waals surface area contributed by atoms with Crippen LogP contribution in [0.2, 0.25) is 0 Å². The Morgan fingerprint density at radius 3 is 1.19 bits per heavy atom. The molecule has 0 bridgehead atoms. The third kappa shape index (κ3) is 40.6. The third-order valence-electron chi connectivity index (χ3n) is 9.57. The second-order valence-electron chi connectivity index (χ2n) is 14.9. The van der Waals surface area contributed by atoms with Gasteiger partial charge in [0.1, 0.15) is 13.2 Å². The molecule has 0 aliphatic heterocycles. The quantitative estimate of drug-likeness (QED) is 0.0268. The van der Waals surface area contributed by atoms with Crippen molar-refractivity contribution < 1.29 is 28.6 Å². The molecule has 0 saturated carbocycles. The van der Waals surface area contributed by atoms with Crippen molar-refractivity contribution in [2.24, 2.45) is 0 Å². The number of hydrogen-bond acceptors (Lipinski definition) is 6. The van der Waals surface area contributed by atoms with E-state index < -0.39 is 6.10 Å². The summed E-state index contributed by atoms with van der Waals surface area (Å²) in [6, 6.07) is 0. The molecule has 54 heavy (non-hydrogen) atoms. The Balaban J connectivity index is 4.39. The first kappa shape index (κ1) is 51.4. The van der Waals surface area contributed by atoms with Gasteiger partial charge in [-0.1, -0.05) is 172 Å². The van der Waals surface area contributed by atoms with Crippen molar-refractivity contribution in [3.63, 3.8) is 0 Å². The first-order valence-electron chi connectivity index (χ1n) is 22.6. The molecule has 0 aliphatic carbocycles. The van der Waals surface area contributed by atoms with Crippen LogP contribution in [0.1, 0.15) is 220 Å². The molecule has 0 saturated heterocycles. The largest absolute Gasteiger partial charge is 0.462 e. The maximum absolute atomic E-state index is 12.7. The van der Waals surface area contributed by atoms with E-state index in [0.717, 1.165) is 109 Å². The zero-order valence-electron chi connectivity index (χ0n) is 35.5. The van der Waals surface area contributed by atoms with Gasteiger partial charge < -0.3 is 14.2 Å². The molecule has 0 radical (unpaired) electrons. The van der Waals surface area contributed by atoms with Gasteiger partial charge in [-0.15, -0.1) is 0 Å². The summed E-state index contributed by atoms with van der Waals surface area (Å²) < 4.78 is 16.7. The van der Waals surface area contributed by atoms with Crippen LogP contribution in [-0.4, -0.2) is 37.2 Å². The van der Waals surface area contributed by atoms with Crippen molar-refractivity contribution in [1.29, 1.82) is 0 Å². The van der Waals surface area contributed by atoms with Gasteiger partial charge >= 0.3 is 17.9 Å². The molecule has 1 atom stereocenters. The summed E-state index contributed by atoms with van der Waals surface area (Å²) >= 11 is 0. The lowest BCUT2D eigenvalue weighted by Gasteiger charge is -2.18. The van der Waals surface area contributed by atoms with Crippen molar-refractivity contribution in [1.82, 2.24) is 0 Å². The van der Waals surface area contributed by atoms with Crippen LogP contribution < -0.4 is 0 Å². The van der Waals surface area contributed by atoms with E-state index in [2.05, 4.69) is 69.4 Å². The lowest BCUT2D eigenvalue weighted by atomic mass is 10.1. The average molecular weight is 757 g/mol. The topological polar surface area (TPSA) is 78.9 Å². The van der Waals surface area contributed by atoms with Gasteiger partial charge in [-0.05, 0) is 77.0 Å². The molecule has 312 valence electrons. The minimum absolute atomic E-state index is 0.0811. The van der Waals surface area contributed by atoms with Gasteiger partial charge in [0.05, 0.1) is 0 Å². The second kappa shape index (κ2) is 43.1. The van der Waals surface area contributed by atoms with E-state index in [-0.39, 0.29) is 31.1 Å². The number of rotatable bonds is 40. The Morgan fingerprint density at radius 1 is 0.389 bits per heavy atom. The van der Waals surface area contributed by atoms with Crippen LogP contribution in [0.25, 0.3) is 0 Å². The first-order valence-corrected chi connectivity index (χ1v) is 22.6. The predicted octanol–water partition coefficient (Wildman–Crippen LogP) is 14.4. The van der Waals surface area contributed by atoms with Gasteiger partial charge in [0.2, 0.25) is 0 Å². The van der Waals surface area contributed by atoms with Crippen molar-refractivity contribution >= 4 is 17.9 Å². The second-order valence-corrected chi connectivity index (χ2v) is 14.9. The molecule has 0 N–H and O–H groups in total. The number of allylic oxidation sites excluding steroid dienone is 8. The fourth-order valence-electron chi connectivity index (χ4n) is 6.16. The van der Waals surface area contributed by atoms with Gasteiger partial charge in [-0.25, -0.2) is 0 Å². The van der Waals surface area contributed by atoms with Crippen LogP contribution in [-0.2, 0) is 28.6 Å². The Bertz CT molecular complexity index is 964. The number of carbonyl (C=O) groups is 3. The predicted molar refractivity (Wildman–Crippen MR) is 229 cm³/mol. The van der Waals surface area contributed by atoms with Crippen LogP contribution in [0.15, 0.2) is 48.6 Å². The lowest BCUT2D eigenvalue weighted by molar-refractivity contribution is -0.167. The van der Waals surface area contributed by atoms with Crippen LogP contribution in [0.4, 0.5) is 0 Å². The van der Waals surface area contributed by atoms with Crippen molar-refractivity contribution in [3.8, 4) is 0 Å². The zero-order valence-corrected chi connectivity index (χ0v) is 35.5. The van der Waals surface area contributed by atoms with Crippen LogP contribution in [0.3, 0.4) is 0 Å². The van der Waals surface area contributed by atoms with Gasteiger partial charge in [0.15, 0.2) is 6.10 Å². The maximum Gasteiger partial charge on any atom is 0.306 e. The van der Waals surface area contributed by atoms with E-state index in [1.54, 1.807) is 0 Å². The molecule has 6 nitrogen and oxygen atoms in total. The minimum Gasteiger partial charge on any atom is -0.462 e. The summed E-state index contributed by atoms with van der Waals surface area (Å²) in [5.41, 5.74) is 0. The van der Waals surface area contributed by atoms with Crippen molar-refractivity contribution in [2.75, 3.05) is 13.2 Å². The van der Waals surface area contributed by atoms with Crippen LogP contribution in [0.5, 0.6) is 0 Å². The average Bonchev–Trinajstić information content (AvgIpc) is 3.17. The third-order valence-corrected chi connectivity index (χ3v) is 9.57. The molecule has 0 aliphatic rings. The molecule has 0 amide bonds. The van der Waals surface area contributed by atoms with E-state index in [9.17, 15) is 14.4 Å². The molecule has 0 heterocycles. The fourth-order valence-corrected chi connectivity index (χ4v) is 6.16. The molecule has 0 spiro atoms. The Hall–Kier alpha value is -2.63. The normalized spacial score (nSPS) is 12.4. The summed E-state index contributed by atoms with van der Waals surface area (Å²) in [7, 11) is 0. The fraction of sp³-hybridized carbons (Fsp3) is 0.771. The summed E-state index contributed by atoms with van der Waals surface area (Å²) in [5, 5.41) is 0. The summed E-state index contributed by atoms with van der Waals surface area (Å²) in [6.07, 6.45) is 49.5. The van der Waals surface area contributed by atoms with Crippen LogP contribution in [0, 0.1) is 0 Å². The molecule has 0 rings (SSSR count). The van der Waals surface area contributed by atoms with Crippen molar-refractivity contribution in [3.05, 3.63) is 48.6 Å². The summed E-state index contributed by atoms with van der Waals surface area (Å²) in [5.74, 6) is -0.912. The monoisotopic (exact) mass is 757 g/mol. The number of hydrogen-bond donors (Lipinski definition) is 0. The molecule has 0 fully saturated rings. The molecule has 0 aromatic rings. The maximum atomic E-state index is 12.7. The highest BCUT2D eigenvalue weighted by atomic mass is 16.6.